The Morgan fingerprint density at radius 2 is 2.19 bits per heavy atom. The summed E-state index contributed by atoms with van der Waals surface area (Å²) in [5, 5.41) is 14.1. The molecule has 1 aromatic carbocycles. The molecule has 0 bridgehead atoms. The number of hydrogen-bond acceptors (Lipinski definition) is 6. The summed E-state index contributed by atoms with van der Waals surface area (Å²) in [7, 11) is -4.06. The third kappa shape index (κ3) is 2.45. The number of rotatable bonds is 4. The van der Waals surface area contributed by atoms with E-state index in [0.717, 1.165) is 16.4 Å². The van der Waals surface area contributed by atoms with E-state index >= 15 is 0 Å². The molecule has 0 atom stereocenters. The number of carbonyl (C=O) groups is 1. The second kappa shape index (κ2) is 4.82. The van der Waals surface area contributed by atoms with E-state index in [9.17, 15) is 13.2 Å². The summed E-state index contributed by atoms with van der Waals surface area (Å²) in [4.78, 5) is 15.1. The lowest BCUT2D eigenvalue weighted by atomic mass is 10.3. The summed E-state index contributed by atoms with van der Waals surface area (Å²) in [5.41, 5.74) is 2.31. The van der Waals surface area contributed by atoms with Gasteiger partial charge in [-0.3, -0.25) is 9.82 Å². The van der Waals surface area contributed by atoms with E-state index in [4.69, 9.17) is 5.11 Å². The fourth-order valence-electron chi connectivity index (χ4n) is 1.76. The van der Waals surface area contributed by atoms with Gasteiger partial charge in [0.05, 0.1) is 27.6 Å². The topological polar surface area (TPSA) is 125 Å². The highest BCUT2D eigenvalue weighted by Crippen LogP contribution is 2.24. The number of aromatic nitrogens is 3. The van der Waals surface area contributed by atoms with Crippen molar-refractivity contribution in [2.75, 3.05) is 4.72 Å². The average molecular weight is 324 g/mol. The molecule has 0 unspecified atom stereocenters. The first kappa shape index (κ1) is 13.5. The van der Waals surface area contributed by atoms with Gasteiger partial charge in [0.2, 0.25) is 0 Å². The van der Waals surface area contributed by atoms with E-state index in [1.54, 1.807) is 23.7 Å². The number of nitrogens with zero attached hydrogens (tertiary/aromatic N) is 2. The minimum atomic E-state index is -4.06. The van der Waals surface area contributed by atoms with Gasteiger partial charge in [-0.2, -0.15) is 13.5 Å². The van der Waals surface area contributed by atoms with Crippen molar-refractivity contribution < 1.29 is 18.3 Å². The lowest BCUT2D eigenvalue weighted by molar-refractivity contribution is 0.0692. The number of nitrogens with one attached hydrogen (secondary N) is 2. The number of carboxylic acid groups (broad SMARTS) is 1. The van der Waals surface area contributed by atoms with Gasteiger partial charge in [-0.15, -0.1) is 11.3 Å². The molecule has 2 aromatic heterocycles. The maximum absolute atomic E-state index is 12.2. The smallest absolute Gasteiger partial charge is 0.340 e. The molecule has 21 heavy (non-hydrogen) atoms. The van der Waals surface area contributed by atoms with Gasteiger partial charge in [-0.05, 0) is 18.2 Å². The van der Waals surface area contributed by atoms with Crippen LogP contribution in [-0.2, 0) is 10.0 Å². The van der Waals surface area contributed by atoms with E-state index < -0.39 is 26.6 Å². The van der Waals surface area contributed by atoms with Crippen LogP contribution in [0.25, 0.3) is 10.2 Å². The normalized spacial score (nSPS) is 11.6. The summed E-state index contributed by atoms with van der Waals surface area (Å²) in [5.74, 6) is -1.37. The number of anilines is 1. The van der Waals surface area contributed by atoms with Gasteiger partial charge in [-0.1, -0.05) is 0 Å². The molecular weight excluding hydrogens is 316 g/mol. The van der Waals surface area contributed by atoms with Crippen LogP contribution in [0.3, 0.4) is 0 Å². The summed E-state index contributed by atoms with van der Waals surface area (Å²) < 4.78 is 27.5. The number of aromatic amines is 1. The van der Waals surface area contributed by atoms with E-state index in [1.807, 2.05) is 0 Å². The van der Waals surface area contributed by atoms with E-state index in [2.05, 4.69) is 19.9 Å². The minimum Gasteiger partial charge on any atom is -0.478 e. The van der Waals surface area contributed by atoms with Gasteiger partial charge in [0.15, 0.2) is 5.03 Å². The highest BCUT2D eigenvalue weighted by atomic mass is 32.2. The molecule has 0 aliphatic rings. The van der Waals surface area contributed by atoms with Crippen molar-refractivity contribution in [2.24, 2.45) is 0 Å². The lowest BCUT2D eigenvalue weighted by Gasteiger charge is -2.07. The Kier molecular flexibility index (Phi) is 3.11. The molecule has 10 heteroatoms. The van der Waals surface area contributed by atoms with E-state index in [1.165, 1.54) is 11.3 Å². The zero-order valence-corrected chi connectivity index (χ0v) is 11.9. The Balaban J connectivity index is 1.98. The molecule has 108 valence electrons. The molecule has 0 aliphatic heterocycles. The first-order chi connectivity index (χ1) is 9.97. The Bertz CT molecular complexity index is 929. The Labute approximate surface area is 122 Å². The second-order valence-corrected chi connectivity index (χ2v) is 6.56. The molecule has 0 saturated heterocycles. The monoisotopic (exact) mass is 324 g/mol. The van der Waals surface area contributed by atoms with Crippen LogP contribution >= 0.6 is 11.3 Å². The van der Waals surface area contributed by atoms with Crippen molar-refractivity contribution in [1.82, 2.24) is 15.2 Å². The van der Waals surface area contributed by atoms with Crippen molar-refractivity contribution in [3.63, 3.8) is 0 Å². The standard InChI is InChI=1S/C11H8N4O4S2/c16-11(17)7-4-13-14-10(7)21(18,19)15-6-1-2-8-9(3-6)20-5-12-8/h1-5,15H,(H,13,14)(H,16,17). The van der Waals surface area contributed by atoms with Crippen molar-refractivity contribution in [1.29, 1.82) is 0 Å². The van der Waals surface area contributed by atoms with Crippen LogP contribution in [-0.4, -0.2) is 34.7 Å². The van der Waals surface area contributed by atoms with E-state index in [0.29, 0.717) is 5.69 Å². The summed E-state index contributed by atoms with van der Waals surface area (Å²) in [6.45, 7) is 0. The Morgan fingerprint density at radius 1 is 1.38 bits per heavy atom. The van der Waals surface area contributed by atoms with Crippen LogP contribution in [0.5, 0.6) is 0 Å². The van der Waals surface area contributed by atoms with Crippen LogP contribution < -0.4 is 4.72 Å². The number of thiazole rings is 1. The zero-order chi connectivity index (χ0) is 15.0. The lowest BCUT2D eigenvalue weighted by Crippen LogP contribution is -2.16. The zero-order valence-electron chi connectivity index (χ0n) is 10.3. The van der Waals surface area contributed by atoms with Crippen molar-refractivity contribution in [2.45, 2.75) is 5.03 Å². The number of H-pyrrole nitrogens is 1. The largest absolute Gasteiger partial charge is 0.478 e. The summed E-state index contributed by atoms with van der Waals surface area (Å²) >= 11 is 1.37. The van der Waals surface area contributed by atoms with Gasteiger partial charge in [-0.25, -0.2) is 9.78 Å². The fraction of sp³-hybridized carbons (Fsp3) is 0. The summed E-state index contributed by atoms with van der Waals surface area (Å²) in [6, 6.07) is 4.85. The SMILES string of the molecule is O=C(O)c1cn[nH]c1S(=O)(=O)Nc1ccc2ncsc2c1. The summed E-state index contributed by atoms with van der Waals surface area (Å²) in [6.07, 6.45) is 0.948. The third-order valence-corrected chi connectivity index (χ3v) is 4.83. The first-order valence-corrected chi connectivity index (χ1v) is 7.96. The van der Waals surface area contributed by atoms with Crippen molar-refractivity contribution >= 4 is 43.2 Å². The van der Waals surface area contributed by atoms with Crippen molar-refractivity contribution in [3.05, 3.63) is 35.5 Å². The highest BCUT2D eigenvalue weighted by Gasteiger charge is 2.24. The number of fused-ring (bicyclic) bond motifs is 1. The van der Waals surface area contributed by atoms with Crippen LogP contribution in [0.15, 0.2) is 34.9 Å². The Morgan fingerprint density at radius 3 is 2.95 bits per heavy atom. The molecule has 0 amide bonds. The van der Waals surface area contributed by atoms with E-state index in [-0.39, 0.29) is 0 Å². The molecule has 0 radical (unpaired) electrons. The van der Waals surface area contributed by atoms with Gasteiger partial charge in [0.1, 0.15) is 5.56 Å². The number of hydrogen-bond donors (Lipinski definition) is 3. The minimum absolute atomic E-state index is 0.317. The predicted molar refractivity (Wildman–Crippen MR) is 76.0 cm³/mol. The second-order valence-electron chi connectivity index (χ2n) is 4.06. The molecule has 3 aromatic rings. The quantitative estimate of drug-likeness (QED) is 0.668. The van der Waals surface area contributed by atoms with Crippen LogP contribution in [0.4, 0.5) is 5.69 Å². The van der Waals surface area contributed by atoms with Gasteiger partial charge >= 0.3 is 5.97 Å². The van der Waals surface area contributed by atoms with Crippen LogP contribution in [0.2, 0.25) is 0 Å². The number of sulfonamides is 1. The molecule has 2 heterocycles. The third-order valence-electron chi connectivity index (χ3n) is 2.69. The highest BCUT2D eigenvalue weighted by molar-refractivity contribution is 7.92. The van der Waals surface area contributed by atoms with Gasteiger partial charge in [0, 0.05) is 0 Å². The average Bonchev–Trinajstić information content (AvgIpc) is 3.06. The maximum atomic E-state index is 12.2. The van der Waals surface area contributed by atoms with Crippen molar-refractivity contribution in [3.8, 4) is 0 Å². The fourth-order valence-corrected chi connectivity index (χ4v) is 3.61. The predicted octanol–water partition coefficient (Wildman–Crippen LogP) is 1.52. The molecular formula is C11H8N4O4S2. The number of benzene rings is 1. The molecule has 0 aliphatic carbocycles. The number of aromatic carboxylic acids is 1. The number of carboxylic acids is 1. The first-order valence-electron chi connectivity index (χ1n) is 5.60. The molecule has 0 spiro atoms. The van der Waals surface area contributed by atoms with Crippen LogP contribution in [0, 0.1) is 0 Å². The molecule has 3 rings (SSSR count). The van der Waals surface area contributed by atoms with Gasteiger partial charge < -0.3 is 5.11 Å². The molecule has 3 N–H and O–H groups in total. The molecule has 8 nitrogen and oxygen atoms in total. The molecule has 0 fully saturated rings. The maximum Gasteiger partial charge on any atom is 0.340 e. The molecule has 0 saturated carbocycles. The van der Waals surface area contributed by atoms with Crippen LogP contribution in [0.1, 0.15) is 10.4 Å². The Hall–Kier alpha value is -2.46. The van der Waals surface area contributed by atoms with Gasteiger partial charge in [0.25, 0.3) is 10.0 Å².